The van der Waals surface area contributed by atoms with Crippen LogP contribution in [-0.4, -0.2) is 53.7 Å². The van der Waals surface area contributed by atoms with E-state index in [9.17, 15) is 14.4 Å². The van der Waals surface area contributed by atoms with Crippen LogP contribution in [0.1, 0.15) is 29.0 Å². The Morgan fingerprint density at radius 3 is 2.41 bits per heavy atom. The van der Waals surface area contributed by atoms with Crippen LogP contribution in [0.3, 0.4) is 0 Å². The summed E-state index contributed by atoms with van der Waals surface area (Å²) in [5.74, 6) is 0.821. The molecule has 2 amide bonds. The maximum absolute atomic E-state index is 13.0. The fourth-order valence-corrected chi connectivity index (χ4v) is 4.61. The normalized spacial score (nSPS) is 14.4. The van der Waals surface area contributed by atoms with Gasteiger partial charge >= 0.3 is 0 Å². The number of carbonyl (C=O) groups excluding carboxylic acids is 2. The van der Waals surface area contributed by atoms with Gasteiger partial charge in [-0.25, -0.2) is 9.66 Å². The number of likely N-dealkylation sites (tertiary alicyclic amines) is 1. The van der Waals surface area contributed by atoms with Crippen molar-refractivity contribution in [2.45, 2.75) is 19.8 Å². The Bertz CT molecular complexity index is 1200. The number of amides is 2. The summed E-state index contributed by atoms with van der Waals surface area (Å²) in [5.41, 5.74) is 2.89. The van der Waals surface area contributed by atoms with Crippen LogP contribution in [0.25, 0.3) is 10.2 Å². The van der Waals surface area contributed by atoms with Gasteiger partial charge in [-0.3, -0.25) is 19.8 Å². The molecule has 0 aliphatic carbocycles. The number of methoxy groups -OCH3 is 2. The highest BCUT2D eigenvalue weighted by Gasteiger charge is 2.29. The van der Waals surface area contributed by atoms with E-state index >= 15 is 0 Å². The zero-order valence-electron chi connectivity index (χ0n) is 18.1. The second-order valence-electron chi connectivity index (χ2n) is 7.58. The van der Waals surface area contributed by atoms with Crippen LogP contribution in [-0.2, 0) is 4.79 Å². The van der Waals surface area contributed by atoms with E-state index in [1.54, 1.807) is 41.5 Å². The number of nitrogens with zero attached hydrogens (tertiary/aromatic N) is 3. The molecule has 1 aliphatic heterocycles. The minimum absolute atomic E-state index is 0.139. The van der Waals surface area contributed by atoms with Gasteiger partial charge in [-0.05, 0) is 43.3 Å². The van der Waals surface area contributed by atoms with Crippen molar-refractivity contribution in [3.05, 3.63) is 51.4 Å². The monoisotopic (exact) mass is 456 g/mol. The molecule has 1 aromatic carbocycles. The molecule has 1 saturated heterocycles. The standard InChI is InChI=1S/C22H24N4O5S/c1-13-23-20-18(6-9-32-20)22(29)26(13)24-19(27)14-4-7-25(8-5-14)21(28)15-10-16(30-2)12-17(11-15)31-3/h6,9-12,14H,4-5,7-8H2,1-3H3,(H,24,27). The summed E-state index contributed by atoms with van der Waals surface area (Å²) in [6.07, 6.45) is 1.00. The number of carbonyl (C=O) groups is 2. The number of aryl methyl sites for hydroxylation is 1. The van der Waals surface area contributed by atoms with Crippen molar-refractivity contribution in [2.75, 3.05) is 32.7 Å². The summed E-state index contributed by atoms with van der Waals surface area (Å²) in [4.78, 5) is 45.2. The number of fused-ring (bicyclic) bond motifs is 1. The smallest absolute Gasteiger partial charge is 0.281 e. The quantitative estimate of drug-likeness (QED) is 0.633. The molecular weight excluding hydrogens is 432 g/mol. The Balaban J connectivity index is 1.42. The summed E-state index contributed by atoms with van der Waals surface area (Å²) < 4.78 is 11.7. The number of aromatic nitrogens is 2. The van der Waals surface area contributed by atoms with E-state index in [1.165, 1.54) is 30.2 Å². The molecule has 168 valence electrons. The van der Waals surface area contributed by atoms with Crippen LogP contribution in [0.15, 0.2) is 34.4 Å². The minimum atomic E-state index is -0.302. The number of rotatable bonds is 5. The second-order valence-corrected chi connectivity index (χ2v) is 8.48. The van der Waals surface area contributed by atoms with Crippen LogP contribution in [0.2, 0.25) is 0 Å². The van der Waals surface area contributed by atoms with Crippen LogP contribution >= 0.6 is 11.3 Å². The van der Waals surface area contributed by atoms with Gasteiger partial charge < -0.3 is 14.4 Å². The van der Waals surface area contributed by atoms with Gasteiger partial charge in [-0.2, -0.15) is 0 Å². The first-order valence-corrected chi connectivity index (χ1v) is 11.1. The molecule has 0 saturated carbocycles. The van der Waals surface area contributed by atoms with Gasteiger partial charge in [0.05, 0.1) is 19.6 Å². The first-order chi connectivity index (χ1) is 15.4. The van der Waals surface area contributed by atoms with Gasteiger partial charge in [-0.1, -0.05) is 0 Å². The lowest BCUT2D eigenvalue weighted by Crippen LogP contribution is -2.44. The lowest BCUT2D eigenvalue weighted by atomic mass is 9.95. The van der Waals surface area contributed by atoms with Crippen LogP contribution in [0, 0.1) is 12.8 Å². The Morgan fingerprint density at radius 1 is 1.12 bits per heavy atom. The van der Waals surface area contributed by atoms with Crippen molar-refractivity contribution in [3.63, 3.8) is 0 Å². The van der Waals surface area contributed by atoms with Crippen molar-refractivity contribution in [1.29, 1.82) is 0 Å². The van der Waals surface area contributed by atoms with Gasteiger partial charge in [0.1, 0.15) is 22.2 Å². The molecule has 0 bridgehead atoms. The highest BCUT2D eigenvalue weighted by Crippen LogP contribution is 2.25. The maximum Gasteiger partial charge on any atom is 0.281 e. The lowest BCUT2D eigenvalue weighted by molar-refractivity contribution is -0.122. The number of piperidine rings is 1. The molecule has 10 heteroatoms. The Morgan fingerprint density at radius 2 is 1.78 bits per heavy atom. The van der Waals surface area contributed by atoms with Gasteiger partial charge in [0.15, 0.2) is 0 Å². The summed E-state index contributed by atoms with van der Waals surface area (Å²) in [6, 6.07) is 6.76. The molecule has 3 heterocycles. The predicted molar refractivity (Wildman–Crippen MR) is 121 cm³/mol. The first kappa shape index (κ1) is 21.8. The molecule has 1 N–H and O–H groups in total. The Hall–Kier alpha value is -3.40. The minimum Gasteiger partial charge on any atom is -0.497 e. The van der Waals surface area contributed by atoms with E-state index in [4.69, 9.17) is 9.47 Å². The van der Waals surface area contributed by atoms with Crippen molar-refractivity contribution in [2.24, 2.45) is 5.92 Å². The highest BCUT2D eigenvalue weighted by molar-refractivity contribution is 7.16. The van der Waals surface area contributed by atoms with E-state index in [-0.39, 0.29) is 23.3 Å². The molecule has 0 unspecified atom stereocenters. The van der Waals surface area contributed by atoms with Crippen molar-refractivity contribution in [1.82, 2.24) is 14.6 Å². The number of ether oxygens (including phenoxy) is 2. The number of benzene rings is 1. The summed E-state index contributed by atoms with van der Waals surface area (Å²) in [6.45, 7) is 2.56. The van der Waals surface area contributed by atoms with Gasteiger partial charge in [0.25, 0.3) is 11.5 Å². The van der Waals surface area contributed by atoms with E-state index < -0.39 is 0 Å². The fraction of sp³-hybridized carbons (Fsp3) is 0.364. The molecule has 32 heavy (non-hydrogen) atoms. The molecule has 1 aliphatic rings. The SMILES string of the molecule is COc1cc(OC)cc(C(=O)N2CCC(C(=O)Nn3c(C)nc4sccc4c3=O)CC2)c1. The van der Waals surface area contributed by atoms with Crippen LogP contribution in [0.5, 0.6) is 11.5 Å². The zero-order valence-corrected chi connectivity index (χ0v) is 18.9. The Labute approximate surface area is 188 Å². The van der Waals surface area contributed by atoms with E-state index in [0.29, 0.717) is 59.0 Å². The van der Waals surface area contributed by atoms with Crippen LogP contribution < -0.4 is 20.5 Å². The maximum atomic E-state index is 13.0. The average molecular weight is 457 g/mol. The van der Waals surface area contributed by atoms with Gasteiger partial charge in [0, 0.05) is 30.6 Å². The average Bonchev–Trinajstić information content (AvgIpc) is 3.29. The molecule has 1 fully saturated rings. The molecule has 9 nitrogen and oxygen atoms in total. The number of hydrogen-bond acceptors (Lipinski definition) is 7. The molecule has 3 aromatic rings. The zero-order chi connectivity index (χ0) is 22.8. The van der Waals surface area contributed by atoms with Crippen molar-refractivity contribution < 1.29 is 19.1 Å². The van der Waals surface area contributed by atoms with Gasteiger partial charge in [-0.15, -0.1) is 11.3 Å². The summed E-state index contributed by atoms with van der Waals surface area (Å²) >= 11 is 1.39. The highest BCUT2D eigenvalue weighted by atomic mass is 32.1. The summed E-state index contributed by atoms with van der Waals surface area (Å²) in [5, 5.41) is 2.28. The molecule has 2 aromatic heterocycles. The molecule has 0 radical (unpaired) electrons. The molecule has 0 atom stereocenters. The predicted octanol–water partition coefficient (Wildman–Crippen LogP) is 2.41. The van der Waals surface area contributed by atoms with E-state index in [2.05, 4.69) is 10.4 Å². The van der Waals surface area contributed by atoms with E-state index in [0.717, 1.165) is 0 Å². The number of nitrogens with one attached hydrogen (secondary N) is 1. The topological polar surface area (TPSA) is 103 Å². The second kappa shape index (κ2) is 8.99. The third kappa shape index (κ3) is 4.18. The first-order valence-electron chi connectivity index (χ1n) is 10.2. The third-order valence-corrected chi connectivity index (χ3v) is 6.45. The molecular formula is C22H24N4O5S. The Kier molecular flexibility index (Phi) is 6.13. The number of hydrogen-bond donors (Lipinski definition) is 1. The molecule has 0 spiro atoms. The van der Waals surface area contributed by atoms with Crippen LogP contribution in [0.4, 0.5) is 0 Å². The molecule has 4 rings (SSSR count). The largest absolute Gasteiger partial charge is 0.497 e. The van der Waals surface area contributed by atoms with Gasteiger partial charge in [0.2, 0.25) is 5.91 Å². The lowest BCUT2D eigenvalue weighted by Gasteiger charge is -2.31. The summed E-state index contributed by atoms with van der Waals surface area (Å²) in [7, 11) is 3.07. The number of thiophene rings is 1. The fourth-order valence-electron chi connectivity index (χ4n) is 3.81. The third-order valence-electron chi connectivity index (χ3n) is 5.64. The van der Waals surface area contributed by atoms with Crippen molar-refractivity contribution in [3.8, 4) is 11.5 Å². The van der Waals surface area contributed by atoms with Crippen molar-refractivity contribution >= 4 is 33.4 Å². The van der Waals surface area contributed by atoms with E-state index in [1.807, 2.05) is 0 Å².